The molecule has 3 heteroatoms. The molecule has 0 heterocycles. The average molecular weight is 310 g/mol. The van der Waals surface area contributed by atoms with Crippen molar-refractivity contribution in [1.82, 2.24) is 5.32 Å². The van der Waals surface area contributed by atoms with Crippen molar-refractivity contribution in [3.05, 3.63) is 35.4 Å². The van der Waals surface area contributed by atoms with Gasteiger partial charge in [0.05, 0.1) is 0 Å². The second-order valence-electron chi connectivity index (χ2n) is 4.91. The maximum atomic E-state index is 12.0. The Morgan fingerprint density at radius 1 is 1.17 bits per heavy atom. The van der Waals surface area contributed by atoms with Crippen molar-refractivity contribution in [3.63, 3.8) is 0 Å². The molecule has 0 aliphatic heterocycles. The average Bonchev–Trinajstić information content (AvgIpc) is 2.82. The van der Waals surface area contributed by atoms with Crippen molar-refractivity contribution in [2.75, 3.05) is 11.9 Å². The maximum Gasteiger partial charge on any atom is 0.223 e. The van der Waals surface area contributed by atoms with Crippen LogP contribution in [-0.2, 0) is 17.6 Å². The molecule has 0 spiro atoms. The molecule has 1 N–H and O–H groups in total. The number of hydrogen-bond donors (Lipinski definition) is 1. The van der Waals surface area contributed by atoms with Crippen LogP contribution in [0.25, 0.3) is 0 Å². The van der Waals surface area contributed by atoms with E-state index in [1.807, 2.05) is 0 Å². The van der Waals surface area contributed by atoms with Crippen molar-refractivity contribution in [3.8, 4) is 0 Å². The van der Waals surface area contributed by atoms with E-state index in [2.05, 4.69) is 45.5 Å². The highest BCUT2D eigenvalue weighted by molar-refractivity contribution is 9.09. The van der Waals surface area contributed by atoms with Crippen LogP contribution in [0.4, 0.5) is 0 Å². The molecule has 98 valence electrons. The van der Waals surface area contributed by atoms with E-state index < -0.39 is 0 Å². The van der Waals surface area contributed by atoms with Gasteiger partial charge in [0.2, 0.25) is 5.91 Å². The van der Waals surface area contributed by atoms with Crippen molar-refractivity contribution in [2.24, 2.45) is 5.92 Å². The van der Waals surface area contributed by atoms with E-state index in [1.54, 1.807) is 0 Å². The zero-order valence-corrected chi connectivity index (χ0v) is 12.2. The number of fused-ring (bicyclic) bond motifs is 1. The monoisotopic (exact) mass is 309 g/mol. The molecule has 18 heavy (non-hydrogen) atoms. The molecule has 1 amide bonds. The van der Waals surface area contributed by atoms with Crippen LogP contribution in [0, 0.1) is 5.92 Å². The Bertz CT molecular complexity index is 380. The van der Waals surface area contributed by atoms with Gasteiger partial charge < -0.3 is 5.32 Å². The lowest BCUT2D eigenvalue weighted by Gasteiger charge is -2.10. The zero-order chi connectivity index (χ0) is 12.8. The molecule has 0 bridgehead atoms. The molecule has 1 aromatic carbocycles. The fourth-order valence-electron chi connectivity index (χ4n) is 2.50. The molecule has 0 aromatic heterocycles. The molecule has 2 rings (SSSR count). The van der Waals surface area contributed by atoms with E-state index in [4.69, 9.17) is 0 Å². The van der Waals surface area contributed by atoms with E-state index in [0.717, 1.165) is 31.1 Å². The lowest BCUT2D eigenvalue weighted by atomic mass is 10.1. The lowest BCUT2D eigenvalue weighted by molar-refractivity contribution is -0.124. The van der Waals surface area contributed by atoms with Gasteiger partial charge in [-0.3, -0.25) is 4.79 Å². The van der Waals surface area contributed by atoms with Gasteiger partial charge in [0, 0.05) is 17.8 Å². The van der Waals surface area contributed by atoms with E-state index >= 15 is 0 Å². The van der Waals surface area contributed by atoms with Gasteiger partial charge in [0.1, 0.15) is 0 Å². The fraction of sp³-hybridized carbons (Fsp3) is 0.533. The number of amides is 1. The molecule has 0 saturated carbocycles. The van der Waals surface area contributed by atoms with Crippen LogP contribution in [-0.4, -0.2) is 17.8 Å². The van der Waals surface area contributed by atoms with Crippen LogP contribution < -0.4 is 5.32 Å². The topological polar surface area (TPSA) is 29.1 Å². The van der Waals surface area contributed by atoms with Crippen molar-refractivity contribution in [1.29, 1.82) is 0 Å². The van der Waals surface area contributed by atoms with Gasteiger partial charge in [-0.1, -0.05) is 46.6 Å². The highest BCUT2D eigenvalue weighted by atomic mass is 79.9. The van der Waals surface area contributed by atoms with E-state index in [0.29, 0.717) is 0 Å². The van der Waals surface area contributed by atoms with Gasteiger partial charge in [-0.25, -0.2) is 0 Å². The summed E-state index contributed by atoms with van der Waals surface area (Å²) >= 11 is 3.41. The van der Waals surface area contributed by atoms with E-state index in [1.165, 1.54) is 24.0 Å². The minimum absolute atomic E-state index is 0.151. The number of rotatable bonds is 6. The first-order valence-electron chi connectivity index (χ1n) is 6.71. The Balaban J connectivity index is 1.72. The summed E-state index contributed by atoms with van der Waals surface area (Å²) in [5.41, 5.74) is 2.69. The van der Waals surface area contributed by atoms with Gasteiger partial charge in [-0.15, -0.1) is 0 Å². The minimum atomic E-state index is 0.151. The summed E-state index contributed by atoms with van der Waals surface area (Å²) in [5, 5.41) is 4.12. The molecule has 0 fully saturated rings. The molecule has 1 aliphatic rings. The summed E-state index contributed by atoms with van der Waals surface area (Å²) in [6.07, 6.45) is 5.25. The Morgan fingerprint density at radius 3 is 2.44 bits per heavy atom. The predicted molar refractivity (Wildman–Crippen MR) is 78.0 cm³/mol. The largest absolute Gasteiger partial charge is 0.356 e. The Hall–Kier alpha value is -0.830. The van der Waals surface area contributed by atoms with Crippen LogP contribution in [0.3, 0.4) is 0 Å². The van der Waals surface area contributed by atoms with Crippen LogP contribution in [0.2, 0.25) is 0 Å². The predicted octanol–water partition coefficient (Wildman–Crippen LogP) is 3.08. The number of nitrogens with one attached hydrogen (secondary N) is 1. The highest BCUT2D eigenvalue weighted by Gasteiger charge is 2.26. The zero-order valence-electron chi connectivity index (χ0n) is 10.6. The summed E-state index contributed by atoms with van der Waals surface area (Å²) in [6, 6.07) is 8.38. The number of carbonyl (C=O) groups is 1. The summed E-state index contributed by atoms with van der Waals surface area (Å²) in [4.78, 5) is 12.0. The molecular weight excluding hydrogens is 290 g/mol. The molecule has 2 nitrogen and oxygen atoms in total. The molecule has 1 aliphatic carbocycles. The smallest absolute Gasteiger partial charge is 0.223 e. The van der Waals surface area contributed by atoms with Crippen molar-refractivity contribution >= 4 is 21.8 Å². The van der Waals surface area contributed by atoms with Crippen LogP contribution in [0.1, 0.15) is 30.4 Å². The first-order valence-corrected chi connectivity index (χ1v) is 7.84. The van der Waals surface area contributed by atoms with Crippen LogP contribution in [0.5, 0.6) is 0 Å². The molecule has 0 saturated heterocycles. The van der Waals surface area contributed by atoms with E-state index in [-0.39, 0.29) is 11.8 Å². The van der Waals surface area contributed by atoms with E-state index in [9.17, 15) is 4.79 Å². The molecule has 0 atom stereocenters. The number of carbonyl (C=O) groups excluding carboxylic acids is 1. The highest BCUT2D eigenvalue weighted by Crippen LogP contribution is 2.26. The minimum Gasteiger partial charge on any atom is -0.356 e. The summed E-state index contributed by atoms with van der Waals surface area (Å²) in [6.45, 7) is 0.818. The number of hydrogen-bond acceptors (Lipinski definition) is 1. The summed E-state index contributed by atoms with van der Waals surface area (Å²) in [7, 11) is 0. The van der Waals surface area contributed by atoms with Crippen molar-refractivity contribution in [2.45, 2.75) is 32.1 Å². The normalized spacial score (nSPS) is 14.5. The number of benzene rings is 1. The van der Waals surface area contributed by atoms with Crippen molar-refractivity contribution < 1.29 is 4.79 Å². The number of alkyl halides is 1. The second-order valence-corrected chi connectivity index (χ2v) is 5.71. The quantitative estimate of drug-likeness (QED) is 0.635. The van der Waals surface area contributed by atoms with Gasteiger partial charge in [0.15, 0.2) is 0 Å². The Morgan fingerprint density at radius 2 is 1.83 bits per heavy atom. The first kappa shape index (κ1) is 13.6. The molecule has 1 aromatic rings. The van der Waals surface area contributed by atoms with Gasteiger partial charge in [-0.05, 0) is 36.8 Å². The van der Waals surface area contributed by atoms with Gasteiger partial charge in [-0.2, -0.15) is 0 Å². The molecule has 0 unspecified atom stereocenters. The first-order chi connectivity index (χ1) is 8.81. The third-order valence-corrected chi connectivity index (χ3v) is 4.09. The Labute approximate surface area is 117 Å². The van der Waals surface area contributed by atoms with Gasteiger partial charge in [0.25, 0.3) is 0 Å². The third kappa shape index (κ3) is 3.58. The summed E-state index contributed by atoms with van der Waals surface area (Å²) in [5.74, 6) is 0.378. The lowest BCUT2D eigenvalue weighted by Crippen LogP contribution is -2.31. The fourth-order valence-corrected chi connectivity index (χ4v) is 2.89. The maximum absolute atomic E-state index is 12.0. The van der Waals surface area contributed by atoms with Gasteiger partial charge >= 0.3 is 0 Å². The Kier molecular flexibility index (Phi) is 5.24. The third-order valence-electron chi connectivity index (χ3n) is 3.53. The SMILES string of the molecule is O=C(NCCCCCBr)C1Cc2ccccc2C1. The van der Waals surface area contributed by atoms with Crippen LogP contribution in [0.15, 0.2) is 24.3 Å². The number of unbranched alkanes of at least 4 members (excludes halogenated alkanes) is 2. The second kappa shape index (κ2) is 6.93. The van der Waals surface area contributed by atoms with Crippen LogP contribution >= 0.6 is 15.9 Å². The standard InChI is InChI=1S/C15H20BrNO/c16-8-4-1-5-9-17-15(18)14-10-12-6-2-3-7-13(12)11-14/h2-3,6-7,14H,1,4-5,8-11H2,(H,17,18). The summed E-state index contributed by atoms with van der Waals surface area (Å²) < 4.78 is 0. The molecular formula is C15H20BrNO. The number of halogens is 1. The molecule has 0 radical (unpaired) electrons.